The number of ether oxygens (including phenoxy) is 2. The van der Waals surface area contributed by atoms with Gasteiger partial charge in [-0.05, 0) is 40.0 Å². The SMILES string of the molecule is COc1ccc(C2=NC(C(C)C)CO2)c(Br)c1. The van der Waals surface area contributed by atoms with Gasteiger partial charge in [0.05, 0.1) is 18.7 Å². The van der Waals surface area contributed by atoms with Crippen molar-refractivity contribution in [1.29, 1.82) is 0 Å². The molecule has 4 heteroatoms. The quantitative estimate of drug-likeness (QED) is 0.857. The average molecular weight is 298 g/mol. The lowest BCUT2D eigenvalue weighted by Gasteiger charge is -2.06. The fourth-order valence-corrected chi connectivity index (χ4v) is 2.20. The van der Waals surface area contributed by atoms with Crippen molar-refractivity contribution >= 4 is 21.8 Å². The van der Waals surface area contributed by atoms with E-state index in [1.807, 2.05) is 18.2 Å². The molecule has 0 fully saturated rings. The molecule has 1 atom stereocenters. The third kappa shape index (κ3) is 2.63. The second-order valence-corrected chi connectivity index (χ2v) is 5.26. The Morgan fingerprint density at radius 2 is 2.24 bits per heavy atom. The van der Waals surface area contributed by atoms with Crippen LogP contribution in [-0.2, 0) is 4.74 Å². The molecule has 3 nitrogen and oxygen atoms in total. The minimum absolute atomic E-state index is 0.263. The molecule has 92 valence electrons. The minimum atomic E-state index is 0.263. The molecule has 1 aromatic carbocycles. The van der Waals surface area contributed by atoms with Gasteiger partial charge in [-0.15, -0.1) is 0 Å². The molecule has 1 unspecified atom stereocenters. The van der Waals surface area contributed by atoms with Gasteiger partial charge in [-0.1, -0.05) is 13.8 Å². The molecule has 1 aliphatic heterocycles. The van der Waals surface area contributed by atoms with Crippen molar-refractivity contribution in [3.63, 3.8) is 0 Å². The van der Waals surface area contributed by atoms with Crippen molar-refractivity contribution in [2.45, 2.75) is 19.9 Å². The van der Waals surface area contributed by atoms with E-state index in [0.717, 1.165) is 21.7 Å². The Kier molecular flexibility index (Phi) is 3.72. The molecule has 0 radical (unpaired) electrons. The second-order valence-electron chi connectivity index (χ2n) is 4.40. The monoisotopic (exact) mass is 297 g/mol. The van der Waals surface area contributed by atoms with Crippen molar-refractivity contribution in [3.8, 4) is 5.75 Å². The Morgan fingerprint density at radius 3 is 2.76 bits per heavy atom. The second kappa shape index (κ2) is 5.08. The molecule has 0 saturated heterocycles. The van der Waals surface area contributed by atoms with Gasteiger partial charge >= 0.3 is 0 Å². The van der Waals surface area contributed by atoms with Crippen LogP contribution in [0.3, 0.4) is 0 Å². The molecule has 0 amide bonds. The van der Waals surface area contributed by atoms with Gasteiger partial charge in [0.25, 0.3) is 0 Å². The van der Waals surface area contributed by atoms with Crippen molar-refractivity contribution in [2.24, 2.45) is 10.9 Å². The van der Waals surface area contributed by atoms with Crippen LogP contribution in [0.4, 0.5) is 0 Å². The van der Waals surface area contributed by atoms with E-state index < -0.39 is 0 Å². The number of nitrogens with zero attached hydrogens (tertiary/aromatic N) is 1. The highest BCUT2D eigenvalue weighted by molar-refractivity contribution is 9.10. The zero-order valence-electron chi connectivity index (χ0n) is 10.2. The third-order valence-electron chi connectivity index (χ3n) is 2.85. The van der Waals surface area contributed by atoms with Crippen molar-refractivity contribution in [3.05, 3.63) is 28.2 Å². The maximum atomic E-state index is 5.65. The fraction of sp³-hybridized carbons (Fsp3) is 0.462. The van der Waals surface area contributed by atoms with Crippen LogP contribution >= 0.6 is 15.9 Å². The lowest BCUT2D eigenvalue weighted by molar-refractivity contribution is 0.291. The van der Waals surface area contributed by atoms with Crippen LogP contribution in [0.5, 0.6) is 5.75 Å². The number of benzene rings is 1. The molecule has 0 bridgehead atoms. The van der Waals surface area contributed by atoms with E-state index in [1.54, 1.807) is 7.11 Å². The molecule has 0 N–H and O–H groups in total. The molecule has 0 spiro atoms. The standard InChI is InChI=1S/C13H16BrNO2/c1-8(2)12-7-17-13(15-12)10-5-4-9(16-3)6-11(10)14/h4-6,8,12H,7H2,1-3H3. The molecule has 1 heterocycles. The van der Waals surface area contributed by atoms with Gasteiger partial charge in [0.15, 0.2) is 0 Å². The molecule has 0 aromatic heterocycles. The lowest BCUT2D eigenvalue weighted by Crippen LogP contribution is -2.13. The molecule has 17 heavy (non-hydrogen) atoms. The van der Waals surface area contributed by atoms with Crippen LogP contribution in [0.2, 0.25) is 0 Å². The topological polar surface area (TPSA) is 30.8 Å². The highest BCUT2D eigenvalue weighted by Crippen LogP contribution is 2.26. The summed E-state index contributed by atoms with van der Waals surface area (Å²) < 4.78 is 11.8. The number of hydrogen-bond donors (Lipinski definition) is 0. The fourth-order valence-electron chi connectivity index (χ4n) is 1.67. The van der Waals surface area contributed by atoms with E-state index in [-0.39, 0.29) is 6.04 Å². The molecule has 0 aliphatic carbocycles. The zero-order valence-corrected chi connectivity index (χ0v) is 11.8. The zero-order chi connectivity index (χ0) is 12.4. The molecule has 1 aliphatic rings. The average Bonchev–Trinajstić information content (AvgIpc) is 2.78. The Bertz CT molecular complexity index is 443. The molecule has 2 rings (SSSR count). The van der Waals surface area contributed by atoms with Crippen LogP contribution in [-0.4, -0.2) is 25.7 Å². The smallest absolute Gasteiger partial charge is 0.217 e. The van der Waals surface area contributed by atoms with Gasteiger partial charge in [0.1, 0.15) is 12.4 Å². The van der Waals surface area contributed by atoms with E-state index in [2.05, 4.69) is 34.8 Å². The third-order valence-corrected chi connectivity index (χ3v) is 3.51. The van der Waals surface area contributed by atoms with Gasteiger partial charge in [-0.25, -0.2) is 4.99 Å². The minimum Gasteiger partial charge on any atom is -0.497 e. The van der Waals surface area contributed by atoms with Crippen LogP contribution in [0, 0.1) is 5.92 Å². The summed E-state index contributed by atoms with van der Waals surface area (Å²) in [5.74, 6) is 2.04. The summed E-state index contributed by atoms with van der Waals surface area (Å²) in [6.45, 7) is 4.98. The Balaban J connectivity index is 2.27. The molecular formula is C13H16BrNO2. The summed E-state index contributed by atoms with van der Waals surface area (Å²) in [5.41, 5.74) is 0.981. The van der Waals surface area contributed by atoms with Crippen LogP contribution < -0.4 is 4.74 Å². The van der Waals surface area contributed by atoms with Crippen molar-refractivity contribution < 1.29 is 9.47 Å². The first-order chi connectivity index (χ1) is 8.11. The summed E-state index contributed by atoms with van der Waals surface area (Å²) in [7, 11) is 1.65. The maximum Gasteiger partial charge on any atom is 0.217 e. The molecule has 0 saturated carbocycles. The summed E-state index contributed by atoms with van der Waals surface area (Å²) in [6.07, 6.45) is 0. The number of methoxy groups -OCH3 is 1. The van der Waals surface area contributed by atoms with Gasteiger partial charge in [0, 0.05) is 4.47 Å². The van der Waals surface area contributed by atoms with Crippen molar-refractivity contribution in [2.75, 3.05) is 13.7 Å². The summed E-state index contributed by atoms with van der Waals surface area (Å²) in [5, 5.41) is 0. The van der Waals surface area contributed by atoms with Gasteiger partial charge < -0.3 is 9.47 Å². The predicted octanol–water partition coefficient (Wildman–Crippen LogP) is 3.26. The van der Waals surface area contributed by atoms with E-state index >= 15 is 0 Å². The highest BCUT2D eigenvalue weighted by Gasteiger charge is 2.23. The van der Waals surface area contributed by atoms with Gasteiger partial charge in [-0.2, -0.15) is 0 Å². The summed E-state index contributed by atoms with van der Waals surface area (Å²) in [6, 6.07) is 6.06. The Labute approximate surface area is 110 Å². The van der Waals surface area contributed by atoms with E-state index in [4.69, 9.17) is 9.47 Å². The predicted molar refractivity (Wildman–Crippen MR) is 71.8 cm³/mol. The van der Waals surface area contributed by atoms with E-state index in [1.165, 1.54) is 0 Å². The van der Waals surface area contributed by atoms with E-state index in [0.29, 0.717) is 12.5 Å². The summed E-state index contributed by atoms with van der Waals surface area (Å²) in [4.78, 5) is 4.60. The van der Waals surface area contributed by atoms with Crippen LogP contribution in [0.1, 0.15) is 19.4 Å². The van der Waals surface area contributed by atoms with Gasteiger partial charge in [0.2, 0.25) is 5.90 Å². The number of aliphatic imine (C=N–C) groups is 1. The molecular weight excluding hydrogens is 282 g/mol. The van der Waals surface area contributed by atoms with Crippen molar-refractivity contribution in [1.82, 2.24) is 0 Å². The Hall–Kier alpha value is -1.03. The summed E-state index contributed by atoms with van der Waals surface area (Å²) >= 11 is 3.51. The first-order valence-electron chi connectivity index (χ1n) is 5.66. The number of hydrogen-bond acceptors (Lipinski definition) is 3. The largest absolute Gasteiger partial charge is 0.497 e. The lowest BCUT2D eigenvalue weighted by atomic mass is 10.1. The Morgan fingerprint density at radius 1 is 1.47 bits per heavy atom. The molecule has 1 aromatic rings. The van der Waals surface area contributed by atoms with E-state index in [9.17, 15) is 0 Å². The van der Waals surface area contributed by atoms with Crippen LogP contribution in [0.15, 0.2) is 27.7 Å². The number of halogens is 1. The van der Waals surface area contributed by atoms with Crippen LogP contribution in [0.25, 0.3) is 0 Å². The normalized spacial score (nSPS) is 19.1. The number of rotatable bonds is 3. The first-order valence-corrected chi connectivity index (χ1v) is 6.45. The highest BCUT2D eigenvalue weighted by atomic mass is 79.9. The maximum absolute atomic E-state index is 5.65. The first kappa shape index (κ1) is 12.4. The van der Waals surface area contributed by atoms with Gasteiger partial charge in [-0.3, -0.25) is 0 Å².